The lowest BCUT2D eigenvalue weighted by atomic mass is 9.96. The molecule has 3 rings (SSSR count). The molecule has 1 saturated heterocycles. The van der Waals surface area contributed by atoms with E-state index in [1.807, 2.05) is 23.1 Å². The maximum Gasteiger partial charge on any atom is 0.257 e. The van der Waals surface area contributed by atoms with Gasteiger partial charge in [0, 0.05) is 30.7 Å². The fraction of sp³-hybridized carbons (Fsp3) is 0.389. The number of halogens is 1. The highest BCUT2D eigenvalue weighted by atomic mass is 19.1. The zero-order chi connectivity index (χ0) is 16.1. The van der Waals surface area contributed by atoms with Crippen LogP contribution < -0.4 is 0 Å². The first kappa shape index (κ1) is 15.6. The number of nitrogens with zero attached hydrogens (tertiary/aromatic N) is 3. The van der Waals surface area contributed by atoms with Gasteiger partial charge in [-0.05, 0) is 50.3 Å². The van der Waals surface area contributed by atoms with Gasteiger partial charge in [0.1, 0.15) is 0 Å². The van der Waals surface area contributed by atoms with E-state index in [0.29, 0.717) is 6.54 Å². The third-order valence-corrected chi connectivity index (χ3v) is 4.35. The summed E-state index contributed by atoms with van der Waals surface area (Å²) < 4.78 is 13.9. The number of likely N-dealkylation sites (tertiary alicyclic amines) is 1. The highest BCUT2D eigenvalue weighted by Gasteiger charge is 2.28. The molecule has 1 fully saturated rings. The van der Waals surface area contributed by atoms with Crippen molar-refractivity contribution >= 4 is 5.91 Å². The van der Waals surface area contributed by atoms with Gasteiger partial charge in [0.2, 0.25) is 0 Å². The van der Waals surface area contributed by atoms with Crippen LogP contribution in [0.15, 0.2) is 42.9 Å². The third kappa shape index (κ3) is 3.73. The van der Waals surface area contributed by atoms with Crippen LogP contribution in [-0.4, -0.2) is 33.4 Å². The van der Waals surface area contributed by atoms with Crippen LogP contribution in [0.2, 0.25) is 0 Å². The van der Waals surface area contributed by atoms with E-state index in [1.54, 1.807) is 6.20 Å². The average Bonchev–Trinajstić information content (AvgIpc) is 2.61. The second-order valence-electron chi connectivity index (χ2n) is 5.86. The van der Waals surface area contributed by atoms with Gasteiger partial charge in [-0.3, -0.25) is 14.8 Å². The minimum atomic E-state index is -0.549. The molecule has 2 aromatic heterocycles. The van der Waals surface area contributed by atoms with E-state index in [1.165, 1.54) is 12.3 Å². The van der Waals surface area contributed by atoms with Crippen LogP contribution in [-0.2, 0) is 6.42 Å². The van der Waals surface area contributed by atoms with Crippen LogP contribution in [0.1, 0.15) is 41.7 Å². The summed E-state index contributed by atoms with van der Waals surface area (Å²) in [6.45, 7) is 0.688. The van der Waals surface area contributed by atoms with E-state index < -0.39 is 5.82 Å². The first-order valence-electron chi connectivity index (χ1n) is 8.06. The Kier molecular flexibility index (Phi) is 4.95. The molecule has 1 atom stereocenters. The van der Waals surface area contributed by atoms with Crippen molar-refractivity contribution in [2.75, 3.05) is 6.54 Å². The Balaban J connectivity index is 1.71. The molecule has 23 heavy (non-hydrogen) atoms. The van der Waals surface area contributed by atoms with Crippen molar-refractivity contribution in [1.29, 1.82) is 0 Å². The Hall–Kier alpha value is -2.30. The van der Waals surface area contributed by atoms with Crippen LogP contribution in [0, 0.1) is 5.82 Å². The molecule has 0 aliphatic carbocycles. The molecule has 1 aliphatic rings. The molecule has 2 aromatic rings. The molecular weight excluding hydrogens is 293 g/mol. The standard InChI is InChI=1S/C18H20FN3O/c19-17-13-20-11-9-16(17)18(23)22-12-4-2-6-15(22)8-7-14-5-1-3-10-21-14/h1,3,5,9-11,13,15H,2,4,6-8,12H2. The van der Waals surface area contributed by atoms with E-state index in [9.17, 15) is 9.18 Å². The Morgan fingerprint density at radius 2 is 2.17 bits per heavy atom. The minimum absolute atomic E-state index is 0.115. The number of aryl methyl sites for hydroxylation is 1. The zero-order valence-corrected chi connectivity index (χ0v) is 13.0. The monoisotopic (exact) mass is 313 g/mol. The molecule has 120 valence electrons. The van der Waals surface area contributed by atoms with Crippen molar-refractivity contribution < 1.29 is 9.18 Å². The van der Waals surface area contributed by atoms with Crippen LogP contribution in [0.4, 0.5) is 4.39 Å². The molecular formula is C18H20FN3O. The molecule has 0 saturated carbocycles. The second-order valence-corrected chi connectivity index (χ2v) is 5.86. The van der Waals surface area contributed by atoms with E-state index in [4.69, 9.17) is 0 Å². The quantitative estimate of drug-likeness (QED) is 0.870. The zero-order valence-electron chi connectivity index (χ0n) is 13.0. The Labute approximate surface area is 135 Å². The van der Waals surface area contributed by atoms with Crippen molar-refractivity contribution in [2.45, 2.75) is 38.1 Å². The molecule has 1 aliphatic heterocycles. The van der Waals surface area contributed by atoms with Crippen molar-refractivity contribution in [3.8, 4) is 0 Å². The lowest BCUT2D eigenvalue weighted by Gasteiger charge is -2.36. The van der Waals surface area contributed by atoms with Crippen molar-refractivity contribution in [3.05, 3.63) is 59.9 Å². The summed E-state index contributed by atoms with van der Waals surface area (Å²) in [6, 6.07) is 7.47. The number of rotatable bonds is 4. The molecule has 0 radical (unpaired) electrons. The average molecular weight is 313 g/mol. The number of aromatic nitrogens is 2. The lowest BCUT2D eigenvalue weighted by molar-refractivity contribution is 0.0596. The van der Waals surface area contributed by atoms with E-state index in [2.05, 4.69) is 9.97 Å². The van der Waals surface area contributed by atoms with Crippen molar-refractivity contribution in [2.24, 2.45) is 0 Å². The summed E-state index contributed by atoms with van der Waals surface area (Å²) in [5.74, 6) is -0.776. The van der Waals surface area contributed by atoms with Gasteiger partial charge in [-0.1, -0.05) is 6.07 Å². The number of amides is 1. The highest BCUT2D eigenvalue weighted by molar-refractivity contribution is 5.94. The fourth-order valence-corrected chi connectivity index (χ4v) is 3.13. The van der Waals surface area contributed by atoms with Crippen LogP contribution in [0.25, 0.3) is 0 Å². The van der Waals surface area contributed by atoms with Crippen LogP contribution >= 0.6 is 0 Å². The Bertz CT molecular complexity index is 662. The molecule has 3 heterocycles. The number of hydrogen-bond acceptors (Lipinski definition) is 3. The van der Waals surface area contributed by atoms with Crippen molar-refractivity contribution in [3.63, 3.8) is 0 Å². The molecule has 0 aromatic carbocycles. The number of carbonyl (C=O) groups excluding carboxylic acids is 1. The van der Waals surface area contributed by atoms with Crippen LogP contribution in [0.3, 0.4) is 0 Å². The molecule has 1 unspecified atom stereocenters. The SMILES string of the molecule is O=C(c1ccncc1F)N1CCCCC1CCc1ccccn1. The van der Waals surface area contributed by atoms with Gasteiger partial charge in [0.15, 0.2) is 5.82 Å². The summed E-state index contributed by atoms with van der Waals surface area (Å²) in [6.07, 6.45) is 9.07. The molecule has 0 N–H and O–H groups in total. The molecule has 4 nitrogen and oxygen atoms in total. The van der Waals surface area contributed by atoms with E-state index in [-0.39, 0.29) is 17.5 Å². The van der Waals surface area contributed by atoms with Gasteiger partial charge >= 0.3 is 0 Å². The first-order valence-corrected chi connectivity index (χ1v) is 8.06. The number of carbonyl (C=O) groups is 1. The predicted octanol–water partition coefficient (Wildman–Crippen LogP) is 3.24. The molecule has 0 spiro atoms. The van der Waals surface area contributed by atoms with Gasteiger partial charge in [-0.25, -0.2) is 4.39 Å². The first-order chi connectivity index (χ1) is 11.3. The summed E-state index contributed by atoms with van der Waals surface area (Å²) in [4.78, 5) is 22.6. The third-order valence-electron chi connectivity index (χ3n) is 4.35. The fourth-order valence-electron chi connectivity index (χ4n) is 3.13. The van der Waals surface area contributed by atoms with Gasteiger partial charge in [-0.15, -0.1) is 0 Å². The summed E-state index contributed by atoms with van der Waals surface area (Å²) in [5, 5.41) is 0. The van der Waals surface area contributed by atoms with Gasteiger partial charge in [-0.2, -0.15) is 0 Å². The van der Waals surface area contributed by atoms with E-state index >= 15 is 0 Å². The summed E-state index contributed by atoms with van der Waals surface area (Å²) in [5.41, 5.74) is 1.14. The largest absolute Gasteiger partial charge is 0.336 e. The Morgan fingerprint density at radius 1 is 1.26 bits per heavy atom. The van der Waals surface area contributed by atoms with E-state index in [0.717, 1.165) is 44.0 Å². The smallest absolute Gasteiger partial charge is 0.257 e. The van der Waals surface area contributed by atoms with Gasteiger partial charge in [0.25, 0.3) is 5.91 Å². The molecule has 0 bridgehead atoms. The highest BCUT2D eigenvalue weighted by Crippen LogP contribution is 2.23. The Morgan fingerprint density at radius 3 is 2.96 bits per heavy atom. The van der Waals surface area contributed by atoms with Crippen molar-refractivity contribution in [1.82, 2.24) is 14.9 Å². The van der Waals surface area contributed by atoms with Crippen LogP contribution in [0.5, 0.6) is 0 Å². The maximum absolute atomic E-state index is 13.9. The van der Waals surface area contributed by atoms with Gasteiger partial charge in [0.05, 0.1) is 11.8 Å². The maximum atomic E-state index is 13.9. The topological polar surface area (TPSA) is 46.1 Å². The van der Waals surface area contributed by atoms with Gasteiger partial charge < -0.3 is 4.90 Å². The minimum Gasteiger partial charge on any atom is -0.336 e. The molecule has 5 heteroatoms. The summed E-state index contributed by atoms with van der Waals surface area (Å²) in [7, 11) is 0. The second kappa shape index (κ2) is 7.31. The predicted molar refractivity (Wildman–Crippen MR) is 85.4 cm³/mol. The molecule has 1 amide bonds. The number of hydrogen-bond donors (Lipinski definition) is 0. The number of pyridine rings is 2. The lowest BCUT2D eigenvalue weighted by Crippen LogP contribution is -2.44. The summed E-state index contributed by atoms with van der Waals surface area (Å²) >= 11 is 0. The normalized spacial score (nSPS) is 18.0. The number of piperidine rings is 1.